The van der Waals surface area contributed by atoms with E-state index in [2.05, 4.69) is 10.2 Å². The first-order valence-electron chi connectivity index (χ1n) is 5.84. The number of rotatable bonds is 4. The summed E-state index contributed by atoms with van der Waals surface area (Å²) < 4.78 is 20.4. The van der Waals surface area contributed by atoms with Gasteiger partial charge in [-0.25, -0.2) is 4.39 Å². The quantitative estimate of drug-likeness (QED) is 0.937. The van der Waals surface area contributed by atoms with E-state index in [1.807, 2.05) is 13.8 Å². The van der Waals surface area contributed by atoms with Gasteiger partial charge in [0, 0.05) is 12.6 Å². The summed E-state index contributed by atoms with van der Waals surface area (Å²) in [7, 11) is 0. The fourth-order valence-corrected chi connectivity index (χ4v) is 1.83. The largest absolute Gasteiger partial charge is 0.424 e. The second-order valence-corrected chi connectivity index (χ2v) is 4.46. The summed E-state index contributed by atoms with van der Waals surface area (Å²) in [5.74, 6) is 0.526. The van der Waals surface area contributed by atoms with E-state index in [1.54, 1.807) is 4.57 Å². The van der Waals surface area contributed by atoms with E-state index in [1.165, 1.54) is 18.2 Å². The lowest BCUT2D eigenvalue weighted by atomic mass is 10.3. The van der Waals surface area contributed by atoms with Crippen molar-refractivity contribution in [2.24, 2.45) is 5.73 Å². The number of nitrogens with two attached hydrogens (primary N) is 1. The third-order valence-electron chi connectivity index (χ3n) is 2.57. The molecule has 0 aliphatic heterocycles. The van der Waals surface area contributed by atoms with Gasteiger partial charge in [0.05, 0.1) is 11.1 Å². The molecule has 0 bridgehead atoms. The van der Waals surface area contributed by atoms with Crippen LogP contribution in [0.4, 0.5) is 4.39 Å². The molecule has 7 heteroatoms. The van der Waals surface area contributed by atoms with E-state index in [-0.39, 0.29) is 11.1 Å². The van der Waals surface area contributed by atoms with Crippen LogP contribution < -0.4 is 10.5 Å². The Bertz CT molecular complexity index is 585. The Hall–Kier alpha value is -1.66. The normalized spacial score (nSPS) is 12.5. The Balaban J connectivity index is 2.30. The number of nitrogens with zero attached hydrogens (tertiary/aromatic N) is 3. The average molecular weight is 285 g/mol. The van der Waals surface area contributed by atoms with Crippen molar-refractivity contribution in [1.29, 1.82) is 0 Å². The highest BCUT2D eigenvalue weighted by Crippen LogP contribution is 2.26. The average Bonchev–Trinajstić information content (AvgIpc) is 2.76. The van der Waals surface area contributed by atoms with Crippen LogP contribution in [0.3, 0.4) is 0 Å². The summed E-state index contributed by atoms with van der Waals surface area (Å²) >= 11 is 5.69. The summed E-state index contributed by atoms with van der Waals surface area (Å²) in [6.07, 6.45) is 0. The van der Waals surface area contributed by atoms with Gasteiger partial charge in [0.15, 0.2) is 5.82 Å². The van der Waals surface area contributed by atoms with Gasteiger partial charge in [-0.3, -0.25) is 4.57 Å². The maximum Gasteiger partial charge on any atom is 0.322 e. The van der Waals surface area contributed by atoms with Gasteiger partial charge in [0.25, 0.3) is 0 Å². The minimum absolute atomic E-state index is 0.00696. The Morgan fingerprint density at radius 1 is 1.47 bits per heavy atom. The minimum Gasteiger partial charge on any atom is -0.424 e. The minimum atomic E-state index is -0.498. The van der Waals surface area contributed by atoms with Crippen molar-refractivity contribution in [3.8, 4) is 11.8 Å². The molecule has 2 aromatic rings. The van der Waals surface area contributed by atoms with Crippen LogP contribution in [0.25, 0.3) is 0 Å². The van der Waals surface area contributed by atoms with Crippen LogP contribution >= 0.6 is 11.6 Å². The number of hydrogen-bond acceptors (Lipinski definition) is 4. The molecule has 2 rings (SSSR count). The van der Waals surface area contributed by atoms with Crippen molar-refractivity contribution in [3.05, 3.63) is 34.9 Å². The molecule has 102 valence electrons. The lowest BCUT2D eigenvalue weighted by Gasteiger charge is -2.10. The molecule has 0 spiro atoms. The summed E-state index contributed by atoms with van der Waals surface area (Å²) in [5.41, 5.74) is 5.79. The first kappa shape index (κ1) is 13.8. The number of aromatic nitrogens is 3. The van der Waals surface area contributed by atoms with E-state index in [9.17, 15) is 4.39 Å². The van der Waals surface area contributed by atoms with Gasteiger partial charge in [-0.05, 0) is 26.0 Å². The third kappa shape index (κ3) is 2.85. The van der Waals surface area contributed by atoms with Gasteiger partial charge in [0.1, 0.15) is 11.6 Å². The molecule has 1 heterocycles. The van der Waals surface area contributed by atoms with Crippen molar-refractivity contribution in [2.45, 2.75) is 26.4 Å². The highest BCUT2D eigenvalue weighted by Gasteiger charge is 2.15. The second kappa shape index (κ2) is 5.54. The van der Waals surface area contributed by atoms with E-state index in [4.69, 9.17) is 22.1 Å². The van der Waals surface area contributed by atoms with Gasteiger partial charge in [-0.2, -0.15) is 0 Å². The van der Waals surface area contributed by atoms with Crippen LogP contribution in [0, 0.1) is 5.82 Å². The molecule has 0 aliphatic rings. The molecule has 19 heavy (non-hydrogen) atoms. The van der Waals surface area contributed by atoms with E-state index < -0.39 is 5.82 Å². The van der Waals surface area contributed by atoms with Crippen LogP contribution in [0.1, 0.15) is 25.7 Å². The van der Waals surface area contributed by atoms with Crippen molar-refractivity contribution in [1.82, 2.24) is 14.8 Å². The predicted molar refractivity (Wildman–Crippen MR) is 69.8 cm³/mol. The fourth-order valence-electron chi connectivity index (χ4n) is 1.66. The Morgan fingerprint density at radius 2 is 2.21 bits per heavy atom. The van der Waals surface area contributed by atoms with Crippen LogP contribution in [0.5, 0.6) is 11.8 Å². The molecule has 0 fully saturated rings. The van der Waals surface area contributed by atoms with Crippen LogP contribution in [0.15, 0.2) is 18.2 Å². The zero-order chi connectivity index (χ0) is 14.0. The zero-order valence-corrected chi connectivity index (χ0v) is 11.4. The lowest BCUT2D eigenvalue weighted by molar-refractivity contribution is 0.408. The molecular weight excluding hydrogens is 271 g/mol. The molecule has 0 radical (unpaired) electrons. The predicted octanol–water partition coefficient (Wildman–Crippen LogP) is 2.90. The summed E-state index contributed by atoms with van der Waals surface area (Å²) in [6, 6.07) is 4.15. The van der Waals surface area contributed by atoms with E-state index >= 15 is 0 Å². The van der Waals surface area contributed by atoms with Gasteiger partial charge < -0.3 is 10.5 Å². The number of halogens is 2. The van der Waals surface area contributed by atoms with Crippen LogP contribution in [-0.2, 0) is 6.54 Å². The summed E-state index contributed by atoms with van der Waals surface area (Å²) in [5, 5.41) is 7.90. The summed E-state index contributed by atoms with van der Waals surface area (Å²) in [4.78, 5) is 0. The van der Waals surface area contributed by atoms with Crippen molar-refractivity contribution < 1.29 is 9.13 Å². The van der Waals surface area contributed by atoms with Crippen molar-refractivity contribution in [2.75, 3.05) is 0 Å². The monoisotopic (exact) mass is 284 g/mol. The number of ether oxygens (including phenoxy) is 1. The maximum atomic E-state index is 13.1. The van der Waals surface area contributed by atoms with Crippen molar-refractivity contribution >= 4 is 11.6 Å². The first-order valence-corrected chi connectivity index (χ1v) is 6.22. The van der Waals surface area contributed by atoms with Crippen molar-refractivity contribution in [3.63, 3.8) is 0 Å². The summed E-state index contributed by atoms with van der Waals surface area (Å²) in [6.45, 7) is 4.36. The molecule has 1 aromatic carbocycles. The molecule has 1 aromatic heterocycles. The Kier molecular flexibility index (Phi) is 4.01. The fraction of sp³-hybridized carbons (Fsp3) is 0.333. The van der Waals surface area contributed by atoms with Gasteiger partial charge in [-0.15, -0.1) is 5.10 Å². The molecule has 0 amide bonds. The molecular formula is C12H14ClFN4O. The number of hydrogen-bond donors (Lipinski definition) is 1. The van der Waals surface area contributed by atoms with Gasteiger partial charge in [-0.1, -0.05) is 16.7 Å². The first-order chi connectivity index (χ1) is 9.02. The standard InChI is InChI=1S/C12H14ClFN4O/c1-3-18-11(7(2)15)16-17-12(18)19-8-4-5-10(14)9(13)6-8/h4-7H,3,15H2,1-2H3/t7-/m1/s1. The third-order valence-corrected chi connectivity index (χ3v) is 2.86. The molecule has 0 saturated heterocycles. The zero-order valence-electron chi connectivity index (χ0n) is 10.6. The van der Waals surface area contributed by atoms with Gasteiger partial charge in [0.2, 0.25) is 0 Å². The topological polar surface area (TPSA) is 66.0 Å². The Labute approximate surface area is 115 Å². The highest BCUT2D eigenvalue weighted by molar-refractivity contribution is 6.30. The van der Waals surface area contributed by atoms with Crippen LogP contribution in [-0.4, -0.2) is 14.8 Å². The SMILES string of the molecule is CCn1c(Oc2ccc(F)c(Cl)c2)nnc1[C@@H](C)N. The highest BCUT2D eigenvalue weighted by atomic mass is 35.5. The Morgan fingerprint density at radius 3 is 2.79 bits per heavy atom. The molecule has 0 aliphatic carbocycles. The van der Waals surface area contributed by atoms with Gasteiger partial charge >= 0.3 is 6.01 Å². The number of benzene rings is 1. The van der Waals surface area contributed by atoms with E-state index in [0.29, 0.717) is 24.1 Å². The maximum absolute atomic E-state index is 13.1. The van der Waals surface area contributed by atoms with E-state index in [0.717, 1.165) is 0 Å². The molecule has 0 unspecified atom stereocenters. The molecule has 2 N–H and O–H groups in total. The van der Waals surface area contributed by atoms with Crippen LogP contribution in [0.2, 0.25) is 5.02 Å². The lowest BCUT2D eigenvalue weighted by Crippen LogP contribution is -2.13. The molecule has 5 nitrogen and oxygen atoms in total. The molecule has 0 saturated carbocycles. The molecule has 1 atom stereocenters. The second-order valence-electron chi connectivity index (χ2n) is 4.05. The smallest absolute Gasteiger partial charge is 0.322 e.